The lowest BCUT2D eigenvalue weighted by molar-refractivity contribution is -0.111. The fraction of sp³-hybridized carbons (Fsp3) is 0.200. The number of aromatic nitrogens is 3. The molecule has 6 heteroatoms. The Labute approximate surface area is 180 Å². The highest BCUT2D eigenvalue weighted by Crippen LogP contribution is 2.30. The predicted molar refractivity (Wildman–Crippen MR) is 123 cm³/mol. The molecule has 31 heavy (non-hydrogen) atoms. The SMILES string of the molecule is CCCCCn1c(NC(=O)/C=C/c2ccccc2)c(C#N)c2nc3ccccc3nc21. The van der Waals surface area contributed by atoms with Crippen LogP contribution in [0, 0.1) is 11.3 Å². The van der Waals surface area contributed by atoms with E-state index in [4.69, 9.17) is 4.98 Å². The number of benzene rings is 2. The number of rotatable bonds is 7. The van der Waals surface area contributed by atoms with Gasteiger partial charge in [-0.25, -0.2) is 9.97 Å². The van der Waals surface area contributed by atoms with Crippen molar-refractivity contribution < 1.29 is 4.79 Å². The standard InChI is InChI=1S/C25H23N5O/c1-2-3-9-16-30-24(29-22(31)15-14-18-10-5-4-6-11-18)19(17-26)23-25(30)28-21-13-8-7-12-20(21)27-23/h4-8,10-15H,2-3,9,16H2,1H3,(H,29,31)/b15-14+. The molecule has 0 bridgehead atoms. The Balaban J connectivity index is 1.77. The van der Waals surface area contributed by atoms with Crippen molar-refractivity contribution in [2.45, 2.75) is 32.7 Å². The van der Waals surface area contributed by atoms with E-state index < -0.39 is 0 Å². The first-order chi connectivity index (χ1) is 15.2. The number of carbonyl (C=O) groups is 1. The van der Waals surface area contributed by atoms with E-state index in [2.05, 4.69) is 23.3 Å². The van der Waals surface area contributed by atoms with E-state index in [9.17, 15) is 10.1 Å². The zero-order valence-electron chi connectivity index (χ0n) is 17.4. The van der Waals surface area contributed by atoms with Crippen LogP contribution >= 0.6 is 0 Å². The highest BCUT2D eigenvalue weighted by molar-refractivity contribution is 6.05. The van der Waals surface area contributed by atoms with E-state index in [1.165, 1.54) is 6.08 Å². The number of amides is 1. The Hall–Kier alpha value is -3.98. The highest BCUT2D eigenvalue weighted by atomic mass is 16.1. The maximum Gasteiger partial charge on any atom is 0.249 e. The molecule has 2 heterocycles. The molecule has 0 atom stereocenters. The Morgan fingerprint density at radius 2 is 1.77 bits per heavy atom. The topological polar surface area (TPSA) is 83.6 Å². The van der Waals surface area contributed by atoms with Gasteiger partial charge in [0.05, 0.1) is 11.0 Å². The van der Waals surface area contributed by atoms with Crippen molar-refractivity contribution in [3.8, 4) is 6.07 Å². The first-order valence-corrected chi connectivity index (χ1v) is 10.4. The minimum absolute atomic E-state index is 0.301. The van der Waals surface area contributed by atoms with Gasteiger partial charge >= 0.3 is 0 Å². The van der Waals surface area contributed by atoms with Gasteiger partial charge in [-0.2, -0.15) is 5.26 Å². The van der Waals surface area contributed by atoms with E-state index in [1.807, 2.05) is 59.2 Å². The van der Waals surface area contributed by atoms with Crippen LogP contribution in [0.4, 0.5) is 5.82 Å². The monoisotopic (exact) mass is 409 g/mol. The quantitative estimate of drug-likeness (QED) is 0.332. The summed E-state index contributed by atoms with van der Waals surface area (Å²) in [4.78, 5) is 22.1. The van der Waals surface area contributed by atoms with Crippen molar-refractivity contribution in [2.24, 2.45) is 0 Å². The van der Waals surface area contributed by atoms with Crippen LogP contribution in [-0.2, 0) is 11.3 Å². The van der Waals surface area contributed by atoms with Crippen molar-refractivity contribution in [2.75, 3.05) is 5.32 Å². The zero-order chi connectivity index (χ0) is 21.6. The molecule has 4 aromatic rings. The average Bonchev–Trinajstić information content (AvgIpc) is 3.08. The molecule has 0 saturated heterocycles. The van der Waals surface area contributed by atoms with Gasteiger partial charge in [0.2, 0.25) is 5.91 Å². The van der Waals surface area contributed by atoms with Crippen LogP contribution in [0.3, 0.4) is 0 Å². The maximum atomic E-state index is 12.7. The van der Waals surface area contributed by atoms with Gasteiger partial charge in [-0.15, -0.1) is 0 Å². The molecule has 0 aliphatic heterocycles. The van der Waals surface area contributed by atoms with Crippen LogP contribution in [0.5, 0.6) is 0 Å². The maximum absolute atomic E-state index is 12.7. The van der Waals surface area contributed by atoms with Crippen LogP contribution in [0.1, 0.15) is 37.3 Å². The number of aryl methyl sites for hydroxylation is 1. The van der Waals surface area contributed by atoms with E-state index in [0.29, 0.717) is 29.1 Å². The third kappa shape index (κ3) is 4.31. The van der Waals surface area contributed by atoms with Gasteiger partial charge < -0.3 is 9.88 Å². The van der Waals surface area contributed by atoms with Gasteiger partial charge in [-0.05, 0) is 30.2 Å². The van der Waals surface area contributed by atoms with Crippen LogP contribution in [0.2, 0.25) is 0 Å². The summed E-state index contributed by atoms with van der Waals surface area (Å²) in [6.07, 6.45) is 6.25. The van der Waals surface area contributed by atoms with Gasteiger partial charge in [0.25, 0.3) is 0 Å². The molecule has 0 spiro atoms. The summed E-state index contributed by atoms with van der Waals surface area (Å²) in [6.45, 7) is 2.79. The van der Waals surface area contributed by atoms with Crippen molar-refractivity contribution in [1.82, 2.24) is 14.5 Å². The zero-order valence-corrected chi connectivity index (χ0v) is 17.4. The van der Waals surface area contributed by atoms with Crippen LogP contribution in [0.15, 0.2) is 60.7 Å². The largest absolute Gasteiger partial charge is 0.309 e. The first kappa shape index (κ1) is 20.3. The minimum Gasteiger partial charge on any atom is -0.309 e. The molecular formula is C25H23N5O. The van der Waals surface area contributed by atoms with Crippen molar-refractivity contribution in [3.63, 3.8) is 0 Å². The number of carbonyl (C=O) groups excluding carboxylic acids is 1. The summed E-state index contributed by atoms with van der Waals surface area (Å²) in [5.74, 6) is 0.149. The third-order valence-electron chi connectivity index (χ3n) is 5.12. The highest BCUT2D eigenvalue weighted by Gasteiger charge is 2.21. The molecule has 6 nitrogen and oxygen atoms in total. The molecule has 2 aromatic carbocycles. The molecule has 4 rings (SSSR count). The fourth-order valence-electron chi connectivity index (χ4n) is 3.57. The van der Waals surface area contributed by atoms with E-state index in [0.717, 1.165) is 35.9 Å². The fourth-order valence-corrected chi connectivity index (χ4v) is 3.57. The molecule has 0 aliphatic carbocycles. The molecule has 0 unspecified atom stereocenters. The van der Waals surface area contributed by atoms with Crippen molar-refractivity contribution in [3.05, 3.63) is 71.8 Å². The first-order valence-electron chi connectivity index (χ1n) is 10.4. The van der Waals surface area contributed by atoms with Gasteiger partial charge in [-0.3, -0.25) is 4.79 Å². The Morgan fingerprint density at radius 3 is 2.48 bits per heavy atom. The summed E-state index contributed by atoms with van der Waals surface area (Å²) in [7, 11) is 0. The molecule has 1 amide bonds. The molecule has 154 valence electrons. The predicted octanol–water partition coefficient (Wildman–Crippen LogP) is 5.30. The van der Waals surface area contributed by atoms with E-state index >= 15 is 0 Å². The molecule has 0 aliphatic rings. The molecule has 2 aromatic heterocycles. The summed E-state index contributed by atoms with van der Waals surface area (Å²) >= 11 is 0. The van der Waals surface area contributed by atoms with Crippen LogP contribution in [-0.4, -0.2) is 20.4 Å². The molecule has 0 fully saturated rings. The number of unbranched alkanes of at least 4 members (excludes halogenated alkanes) is 2. The van der Waals surface area contributed by atoms with Crippen molar-refractivity contribution in [1.29, 1.82) is 5.26 Å². The van der Waals surface area contributed by atoms with Crippen LogP contribution < -0.4 is 5.32 Å². The normalized spacial score (nSPS) is 11.2. The lowest BCUT2D eigenvalue weighted by atomic mass is 10.2. The van der Waals surface area contributed by atoms with Gasteiger partial charge in [0.15, 0.2) is 5.65 Å². The number of anilines is 1. The molecular weight excluding hydrogens is 386 g/mol. The van der Waals surface area contributed by atoms with E-state index in [1.54, 1.807) is 6.08 Å². The second kappa shape index (κ2) is 9.23. The summed E-state index contributed by atoms with van der Waals surface area (Å²) < 4.78 is 1.91. The smallest absolute Gasteiger partial charge is 0.249 e. The van der Waals surface area contributed by atoms with Gasteiger partial charge in [-0.1, -0.05) is 62.2 Å². The average molecular weight is 409 g/mol. The number of fused-ring (bicyclic) bond motifs is 2. The second-order valence-electron chi connectivity index (χ2n) is 7.31. The molecule has 0 radical (unpaired) electrons. The number of para-hydroxylation sites is 2. The van der Waals surface area contributed by atoms with Gasteiger partial charge in [0, 0.05) is 12.6 Å². The number of hydrogen-bond acceptors (Lipinski definition) is 4. The van der Waals surface area contributed by atoms with E-state index in [-0.39, 0.29) is 5.91 Å². The lowest BCUT2D eigenvalue weighted by Gasteiger charge is -2.10. The molecule has 0 saturated carbocycles. The summed E-state index contributed by atoms with van der Waals surface area (Å²) in [5, 5.41) is 12.8. The summed E-state index contributed by atoms with van der Waals surface area (Å²) in [5.41, 5.74) is 3.88. The number of nitrogens with one attached hydrogen (secondary N) is 1. The molecule has 1 N–H and O–H groups in total. The summed E-state index contributed by atoms with van der Waals surface area (Å²) in [6, 6.07) is 19.4. The minimum atomic E-state index is -0.301. The Morgan fingerprint density at radius 1 is 1.06 bits per heavy atom. The lowest BCUT2D eigenvalue weighted by Crippen LogP contribution is -2.14. The Kier molecular flexibility index (Phi) is 6.04. The third-order valence-corrected chi connectivity index (χ3v) is 5.12. The number of hydrogen-bond donors (Lipinski definition) is 1. The second-order valence-corrected chi connectivity index (χ2v) is 7.31. The van der Waals surface area contributed by atoms with Gasteiger partial charge in [0.1, 0.15) is 23.0 Å². The number of nitrogens with zero attached hydrogens (tertiary/aromatic N) is 4. The van der Waals surface area contributed by atoms with Crippen molar-refractivity contribution >= 4 is 40.0 Å². The Bertz CT molecular complexity index is 1300. The van der Waals surface area contributed by atoms with Crippen LogP contribution in [0.25, 0.3) is 28.3 Å². The number of nitriles is 1.